The summed E-state index contributed by atoms with van der Waals surface area (Å²) in [7, 11) is 0. The maximum atomic E-state index is 13.4. The van der Waals surface area contributed by atoms with Crippen LogP contribution in [0.2, 0.25) is 5.02 Å². The van der Waals surface area contributed by atoms with Crippen molar-refractivity contribution in [2.75, 3.05) is 5.32 Å². The molecule has 0 aliphatic rings. The molecular formula is C26H26ClFN4O3. The van der Waals surface area contributed by atoms with Crippen LogP contribution in [0.5, 0.6) is 5.75 Å². The molecule has 0 fully saturated rings. The van der Waals surface area contributed by atoms with Gasteiger partial charge in [0.2, 0.25) is 0 Å². The molecule has 2 aromatic carbocycles. The maximum absolute atomic E-state index is 13.4. The van der Waals surface area contributed by atoms with Gasteiger partial charge in [0.1, 0.15) is 23.9 Å². The summed E-state index contributed by atoms with van der Waals surface area (Å²) in [5, 5.41) is 11.7. The van der Waals surface area contributed by atoms with Crippen molar-refractivity contribution >= 4 is 23.2 Å². The lowest BCUT2D eigenvalue weighted by Gasteiger charge is -2.12. The number of hydrogen-bond acceptors (Lipinski definition) is 5. The highest BCUT2D eigenvalue weighted by atomic mass is 35.5. The SMILES string of the molecule is Cc1cccc(C)c1OCc1c(C(=O)Nc2c(C)nn(Cc3ccc(F)cc3Cl)c2C)noc1C. The fourth-order valence-electron chi connectivity index (χ4n) is 3.93. The summed E-state index contributed by atoms with van der Waals surface area (Å²) in [5.74, 6) is 0.455. The smallest absolute Gasteiger partial charge is 0.278 e. The number of carbonyl (C=O) groups is 1. The Morgan fingerprint density at radius 1 is 1.14 bits per heavy atom. The second kappa shape index (κ2) is 9.92. The predicted molar refractivity (Wildman–Crippen MR) is 132 cm³/mol. The minimum Gasteiger partial charge on any atom is -0.488 e. The van der Waals surface area contributed by atoms with E-state index in [0.29, 0.717) is 34.3 Å². The minimum absolute atomic E-state index is 0.143. The van der Waals surface area contributed by atoms with E-state index in [4.69, 9.17) is 20.9 Å². The molecule has 0 atom stereocenters. The van der Waals surface area contributed by atoms with Crippen LogP contribution >= 0.6 is 11.6 Å². The quantitative estimate of drug-likeness (QED) is 0.335. The van der Waals surface area contributed by atoms with Crippen LogP contribution in [0.15, 0.2) is 40.9 Å². The maximum Gasteiger partial charge on any atom is 0.278 e. The number of aromatic nitrogens is 3. The van der Waals surface area contributed by atoms with E-state index in [9.17, 15) is 9.18 Å². The number of aryl methyl sites for hydroxylation is 4. The Morgan fingerprint density at radius 2 is 1.86 bits per heavy atom. The third-order valence-corrected chi connectivity index (χ3v) is 6.28. The molecule has 2 aromatic heterocycles. The van der Waals surface area contributed by atoms with Crippen molar-refractivity contribution in [3.63, 3.8) is 0 Å². The van der Waals surface area contributed by atoms with Crippen LogP contribution in [0.1, 0.15) is 49.9 Å². The zero-order valence-electron chi connectivity index (χ0n) is 20.2. The second-order valence-electron chi connectivity index (χ2n) is 8.47. The summed E-state index contributed by atoms with van der Waals surface area (Å²) in [5.41, 5.74) is 5.38. The number of amides is 1. The molecule has 0 radical (unpaired) electrons. The molecule has 0 aliphatic carbocycles. The number of ether oxygens (including phenoxy) is 1. The Hall–Kier alpha value is -3.65. The van der Waals surface area contributed by atoms with Gasteiger partial charge >= 0.3 is 0 Å². The molecule has 4 aromatic rings. The molecule has 0 saturated carbocycles. The first-order valence-electron chi connectivity index (χ1n) is 11.1. The lowest BCUT2D eigenvalue weighted by molar-refractivity contribution is 0.101. The Labute approximate surface area is 207 Å². The first-order chi connectivity index (χ1) is 16.7. The van der Waals surface area contributed by atoms with Gasteiger partial charge in [-0.2, -0.15) is 5.10 Å². The predicted octanol–water partition coefficient (Wildman–Crippen LogP) is 6.09. The monoisotopic (exact) mass is 496 g/mol. The lowest BCUT2D eigenvalue weighted by Crippen LogP contribution is -2.16. The van der Waals surface area contributed by atoms with Gasteiger partial charge in [-0.1, -0.05) is 41.0 Å². The molecule has 0 spiro atoms. The van der Waals surface area contributed by atoms with Gasteiger partial charge in [-0.3, -0.25) is 9.48 Å². The molecule has 2 heterocycles. The highest BCUT2D eigenvalue weighted by molar-refractivity contribution is 6.31. The minimum atomic E-state index is -0.424. The lowest BCUT2D eigenvalue weighted by atomic mass is 10.1. The molecule has 0 unspecified atom stereocenters. The van der Waals surface area contributed by atoms with Gasteiger partial charge in [-0.05, 0) is 63.4 Å². The number of nitrogens with one attached hydrogen (secondary N) is 1. The fourth-order valence-corrected chi connectivity index (χ4v) is 4.15. The summed E-state index contributed by atoms with van der Waals surface area (Å²) in [6, 6.07) is 10.1. The van der Waals surface area contributed by atoms with E-state index in [0.717, 1.165) is 28.1 Å². The summed E-state index contributed by atoms with van der Waals surface area (Å²) >= 11 is 6.17. The second-order valence-corrected chi connectivity index (χ2v) is 8.88. The normalized spacial score (nSPS) is 11.1. The van der Waals surface area contributed by atoms with Gasteiger partial charge in [0.05, 0.1) is 29.2 Å². The number of hydrogen-bond donors (Lipinski definition) is 1. The number of carbonyl (C=O) groups excluding carboxylic acids is 1. The Kier molecular flexibility index (Phi) is 6.93. The zero-order valence-corrected chi connectivity index (χ0v) is 21.0. The highest BCUT2D eigenvalue weighted by Crippen LogP contribution is 2.27. The largest absolute Gasteiger partial charge is 0.488 e. The number of rotatable bonds is 7. The zero-order chi connectivity index (χ0) is 25.3. The number of benzene rings is 2. The Balaban J connectivity index is 1.54. The third kappa shape index (κ3) is 5.07. The van der Waals surface area contributed by atoms with Crippen LogP contribution < -0.4 is 10.1 Å². The number of halogens is 2. The standard InChI is InChI=1S/C26H26ClFN4O3/c1-14-7-6-8-15(2)25(14)34-13-21-18(5)35-31-24(21)26(33)29-23-16(3)30-32(17(23)4)12-19-9-10-20(28)11-22(19)27/h6-11H,12-13H2,1-5H3,(H,29,33). The van der Waals surface area contributed by atoms with Crippen molar-refractivity contribution in [2.45, 2.75) is 47.8 Å². The Bertz CT molecular complexity index is 1390. The molecule has 7 nitrogen and oxygen atoms in total. The molecule has 0 bridgehead atoms. The topological polar surface area (TPSA) is 82.2 Å². The van der Waals surface area contributed by atoms with Crippen LogP contribution in [0, 0.1) is 40.4 Å². The van der Waals surface area contributed by atoms with Crippen LogP contribution in [-0.2, 0) is 13.2 Å². The first kappa shape index (κ1) is 24.5. The van der Waals surface area contributed by atoms with Crippen molar-refractivity contribution < 1.29 is 18.4 Å². The molecule has 182 valence electrons. The van der Waals surface area contributed by atoms with E-state index < -0.39 is 11.7 Å². The van der Waals surface area contributed by atoms with E-state index in [1.54, 1.807) is 24.6 Å². The third-order valence-electron chi connectivity index (χ3n) is 5.92. The molecular weight excluding hydrogens is 471 g/mol. The summed E-state index contributed by atoms with van der Waals surface area (Å²) in [6.07, 6.45) is 0. The van der Waals surface area contributed by atoms with E-state index in [1.807, 2.05) is 39.0 Å². The van der Waals surface area contributed by atoms with Gasteiger partial charge in [-0.25, -0.2) is 4.39 Å². The molecule has 1 N–H and O–H groups in total. The molecule has 0 saturated heterocycles. The molecule has 0 aliphatic heterocycles. The molecule has 9 heteroatoms. The van der Waals surface area contributed by atoms with Crippen molar-refractivity contribution in [2.24, 2.45) is 0 Å². The van der Waals surface area contributed by atoms with Crippen molar-refractivity contribution in [3.05, 3.63) is 92.3 Å². The number of para-hydroxylation sites is 1. The van der Waals surface area contributed by atoms with Gasteiger partial charge in [0, 0.05) is 5.02 Å². The average Bonchev–Trinajstić information content (AvgIpc) is 3.29. The van der Waals surface area contributed by atoms with Gasteiger partial charge in [0.15, 0.2) is 5.69 Å². The summed E-state index contributed by atoms with van der Waals surface area (Å²) < 4.78 is 26.4. The van der Waals surface area contributed by atoms with Crippen LogP contribution in [-0.4, -0.2) is 20.8 Å². The summed E-state index contributed by atoms with van der Waals surface area (Å²) in [6.45, 7) is 9.80. The Morgan fingerprint density at radius 3 is 2.54 bits per heavy atom. The van der Waals surface area contributed by atoms with E-state index in [-0.39, 0.29) is 12.3 Å². The number of anilines is 1. The fraction of sp³-hybridized carbons (Fsp3) is 0.269. The molecule has 1 amide bonds. The van der Waals surface area contributed by atoms with E-state index >= 15 is 0 Å². The average molecular weight is 497 g/mol. The number of nitrogens with zero attached hydrogens (tertiary/aromatic N) is 3. The van der Waals surface area contributed by atoms with Gasteiger partial charge in [-0.15, -0.1) is 0 Å². The van der Waals surface area contributed by atoms with Gasteiger partial charge in [0.25, 0.3) is 5.91 Å². The van der Waals surface area contributed by atoms with E-state index in [2.05, 4.69) is 15.6 Å². The van der Waals surface area contributed by atoms with E-state index in [1.165, 1.54) is 12.1 Å². The highest BCUT2D eigenvalue weighted by Gasteiger charge is 2.23. The van der Waals surface area contributed by atoms with Gasteiger partial charge < -0.3 is 14.6 Å². The molecule has 4 rings (SSSR count). The van der Waals surface area contributed by atoms with Crippen molar-refractivity contribution in [3.8, 4) is 5.75 Å². The first-order valence-corrected chi connectivity index (χ1v) is 11.5. The van der Waals surface area contributed by atoms with Crippen molar-refractivity contribution in [1.29, 1.82) is 0 Å². The van der Waals surface area contributed by atoms with Crippen LogP contribution in [0.4, 0.5) is 10.1 Å². The molecule has 35 heavy (non-hydrogen) atoms. The van der Waals surface area contributed by atoms with Crippen molar-refractivity contribution in [1.82, 2.24) is 14.9 Å². The van der Waals surface area contributed by atoms with Crippen LogP contribution in [0.25, 0.3) is 0 Å². The summed E-state index contributed by atoms with van der Waals surface area (Å²) in [4.78, 5) is 13.2. The van der Waals surface area contributed by atoms with Crippen LogP contribution in [0.3, 0.4) is 0 Å².